The highest BCUT2D eigenvalue weighted by molar-refractivity contribution is 5.40. The van der Waals surface area contributed by atoms with Crippen molar-refractivity contribution in [1.29, 1.82) is 0 Å². The van der Waals surface area contributed by atoms with E-state index in [9.17, 15) is 0 Å². The van der Waals surface area contributed by atoms with Crippen molar-refractivity contribution in [2.24, 2.45) is 0 Å². The van der Waals surface area contributed by atoms with Gasteiger partial charge in [-0.1, -0.05) is 24.3 Å². The zero-order valence-corrected chi connectivity index (χ0v) is 7.16. The summed E-state index contributed by atoms with van der Waals surface area (Å²) in [6.45, 7) is 0. The molecule has 0 spiro atoms. The van der Waals surface area contributed by atoms with Gasteiger partial charge in [-0.15, -0.1) is 0 Å². The number of hydrogen-bond acceptors (Lipinski definition) is 0. The molecule has 1 radical (unpaired) electrons. The van der Waals surface area contributed by atoms with Crippen LogP contribution >= 0.6 is 0 Å². The maximum atomic E-state index is 2.51. The molecule has 1 saturated carbocycles. The summed E-state index contributed by atoms with van der Waals surface area (Å²) in [6, 6.07) is 8.98. The van der Waals surface area contributed by atoms with Gasteiger partial charge in [-0.25, -0.2) is 0 Å². The highest BCUT2D eigenvalue weighted by atomic mass is 14.4. The average Bonchev–Trinajstić information content (AvgIpc) is 2.20. The monoisotopic (exact) mass is 157 g/mol. The van der Waals surface area contributed by atoms with E-state index in [1.807, 2.05) is 0 Å². The van der Waals surface area contributed by atoms with Gasteiger partial charge in [0.25, 0.3) is 0 Å². The summed E-state index contributed by atoms with van der Waals surface area (Å²) in [4.78, 5) is 0. The summed E-state index contributed by atoms with van der Waals surface area (Å²) in [6.07, 6.45) is 6.64. The van der Waals surface area contributed by atoms with Crippen molar-refractivity contribution in [1.82, 2.24) is 0 Å². The lowest BCUT2D eigenvalue weighted by Gasteiger charge is -2.37. The third-order valence-electron chi connectivity index (χ3n) is 3.37. The van der Waals surface area contributed by atoms with E-state index in [1.165, 1.54) is 19.3 Å². The van der Waals surface area contributed by atoms with Crippen LogP contribution in [0.2, 0.25) is 0 Å². The van der Waals surface area contributed by atoms with Gasteiger partial charge in [0.05, 0.1) is 0 Å². The van der Waals surface area contributed by atoms with Gasteiger partial charge in [0.2, 0.25) is 0 Å². The summed E-state index contributed by atoms with van der Waals surface area (Å²) in [5.41, 5.74) is 3.25. The molecule has 0 aromatic heterocycles. The van der Waals surface area contributed by atoms with Gasteiger partial charge in [0.1, 0.15) is 0 Å². The number of hydrogen-bond donors (Lipinski definition) is 0. The Morgan fingerprint density at radius 3 is 2.50 bits per heavy atom. The molecule has 2 atom stereocenters. The minimum atomic E-state index is 0.784. The number of rotatable bonds is 0. The van der Waals surface area contributed by atoms with Crippen LogP contribution in [0.4, 0.5) is 0 Å². The number of benzene rings is 1. The van der Waals surface area contributed by atoms with Gasteiger partial charge in [0, 0.05) is 0 Å². The molecule has 3 aliphatic carbocycles. The first-order chi connectivity index (χ1) is 5.95. The zero-order chi connectivity index (χ0) is 7.97. The van der Waals surface area contributed by atoms with E-state index in [1.54, 1.807) is 11.1 Å². The van der Waals surface area contributed by atoms with E-state index in [0.717, 1.165) is 11.8 Å². The van der Waals surface area contributed by atoms with Crippen LogP contribution in [0.1, 0.15) is 42.2 Å². The third kappa shape index (κ3) is 0.782. The normalized spacial score (nSPS) is 31.7. The molecule has 1 aromatic rings. The van der Waals surface area contributed by atoms with Gasteiger partial charge in [-0.3, -0.25) is 0 Å². The summed E-state index contributed by atoms with van der Waals surface area (Å²) in [7, 11) is 0. The fraction of sp³-hybridized carbons (Fsp3) is 0.417. The second-order valence-electron chi connectivity index (χ2n) is 3.98. The zero-order valence-electron chi connectivity index (χ0n) is 7.16. The van der Waals surface area contributed by atoms with Crippen molar-refractivity contribution < 1.29 is 0 Å². The van der Waals surface area contributed by atoms with Crippen LogP contribution in [0, 0.1) is 6.42 Å². The van der Waals surface area contributed by atoms with Gasteiger partial charge in [0.15, 0.2) is 0 Å². The van der Waals surface area contributed by atoms with E-state index in [0.29, 0.717) is 0 Å². The molecule has 3 aliphatic rings. The summed E-state index contributed by atoms with van der Waals surface area (Å²) in [5.74, 6) is 1.64. The molecule has 1 fully saturated rings. The first-order valence-corrected chi connectivity index (χ1v) is 4.87. The predicted molar refractivity (Wildman–Crippen MR) is 50.1 cm³/mol. The molecule has 0 nitrogen and oxygen atoms in total. The summed E-state index contributed by atoms with van der Waals surface area (Å²) < 4.78 is 0. The summed E-state index contributed by atoms with van der Waals surface area (Å²) in [5, 5.41) is 0. The van der Waals surface area contributed by atoms with Crippen LogP contribution in [-0.2, 0) is 0 Å². The first-order valence-electron chi connectivity index (χ1n) is 4.87. The van der Waals surface area contributed by atoms with Crippen molar-refractivity contribution in [3.05, 3.63) is 41.8 Å². The highest BCUT2D eigenvalue weighted by Crippen LogP contribution is 2.48. The standard InChI is InChI=1S/C12H13/c1-2-4-12-10-7-5-9(6-8-10)11(12)3-1/h1-5,9-10H,6-8H2. The van der Waals surface area contributed by atoms with Crippen molar-refractivity contribution in [3.63, 3.8) is 0 Å². The Kier molecular flexibility index (Phi) is 1.31. The molecule has 0 heterocycles. The third-order valence-corrected chi connectivity index (χ3v) is 3.37. The van der Waals surface area contributed by atoms with E-state index >= 15 is 0 Å². The fourth-order valence-electron chi connectivity index (χ4n) is 2.73. The molecule has 0 aliphatic heterocycles. The van der Waals surface area contributed by atoms with E-state index in [2.05, 4.69) is 30.7 Å². The highest BCUT2D eigenvalue weighted by Gasteiger charge is 2.32. The Morgan fingerprint density at radius 2 is 1.83 bits per heavy atom. The van der Waals surface area contributed by atoms with Gasteiger partial charge in [-0.2, -0.15) is 0 Å². The quantitative estimate of drug-likeness (QED) is 0.542. The molecule has 0 N–H and O–H groups in total. The minimum absolute atomic E-state index is 0.784. The van der Waals surface area contributed by atoms with Crippen LogP contribution in [0.5, 0.6) is 0 Å². The lowest BCUT2D eigenvalue weighted by molar-refractivity contribution is 0.433. The van der Waals surface area contributed by atoms with E-state index < -0.39 is 0 Å². The van der Waals surface area contributed by atoms with Crippen molar-refractivity contribution in [3.8, 4) is 0 Å². The first kappa shape index (κ1) is 6.71. The lowest BCUT2D eigenvalue weighted by atomic mass is 9.67. The molecule has 61 valence electrons. The smallest absolute Gasteiger partial charge is 0.0127 e. The van der Waals surface area contributed by atoms with E-state index in [-0.39, 0.29) is 0 Å². The van der Waals surface area contributed by atoms with E-state index in [4.69, 9.17) is 0 Å². The molecule has 4 rings (SSSR count). The molecule has 1 aromatic carbocycles. The molecule has 0 saturated heterocycles. The topological polar surface area (TPSA) is 0 Å². The molecule has 2 bridgehead atoms. The maximum Gasteiger partial charge on any atom is -0.0127 e. The Morgan fingerprint density at radius 1 is 1.00 bits per heavy atom. The minimum Gasteiger partial charge on any atom is -0.0620 e. The van der Waals surface area contributed by atoms with Crippen LogP contribution in [0.25, 0.3) is 0 Å². The van der Waals surface area contributed by atoms with Crippen LogP contribution in [0.15, 0.2) is 24.3 Å². The van der Waals surface area contributed by atoms with Gasteiger partial charge >= 0.3 is 0 Å². The van der Waals surface area contributed by atoms with Crippen LogP contribution in [0.3, 0.4) is 0 Å². The molecule has 12 heavy (non-hydrogen) atoms. The molecule has 0 heteroatoms. The Hall–Kier alpha value is -0.780. The SMILES string of the molecule is [CH]1CC2CCC1c1ccccc12. The largest absolute Gasteiger partial charge is 0.0620 e. The average molecular weight is 157 g/mol. The van der Waals surface area contributed by atoms with Crippen molar-refractivity contribution in [2.45, 2.75) is 31.1 Å². The van der Waals surface area contributed by atoms with Crippen molar-refractivity contribution in [2.75, 3.05) is 0 Å². The Bertz CT molecular complexity index is 262. The Labute approximate surface area is 73.6 Å². The van der Waals surface area contributed by atoms with Crippen LogP contribution in [-0.4, -0.2) is 0 Å². The summed E-state index contributed by atoms with van der Waals surface area (Å²) >= 11 is 0. The van der Waals surface area contributed by atoms with Gasteiger partial charge in [-0.05, 0) is 48.6 Å². The van der Waals surface area contributed by atoms with Crippen LogP contribution < -0.4 is 0 Å². The maximum absolute atomic E-state index is 2.51. The second-order valence-corrected chi connectivity index (χ2v) is 3.98. The molecular weight excluding hydrogens is 144 g/mol. The lowest BCUT2D eigenvalue weighted by Crippen LogP contribution is -2.21. The second kappa shape index (κ2) is 2.35. The molecule has 0 amide bonds. The number of fused-ring (bicyclic) bond motifs is 2. The van der Waals surface area contributed by atoms with Gasteiger partial charge < -0.3 is 0 Å². The van der Waals surface area contributed by atoms with Crippen molar-refractivity contribution >= 4 is 0 Å². The molecular formula is C12H13. The fourth-order valence-corrected chi connectivity index (χ4v) is 2.73. The predicted octanol–water partition coefficient (Wildman–Crippen LogP) is 3.26. The Balaban J connectivity index is 2.19. The molecule has 2 unspecified atom stereocenters.